The van der Waals surface area contributed by atoms with E-state index < -0.39 is 5.91 Å². The molecule has 0 bridgehead atoms. The fourth-order valence-corrected chi connectivity index (χ4v) is 3.40. The summed E-state index contributed by atoms with van der Waals surface area (Å²) in [5, 5.41) is 0.468. The second kappa shape index (κ2) is 7.83. The van der Waals surface area contributed by atoms with Crippen LogP contribution >= 0.6 is 0 Å². The summed E-state index contributed by atoms with van der Waals surface area (Å²) in [5.41, 5.74) is 6.23. The molecule has 148 valence electrons. The summed E-state index contributed by atoms with van der Waals surface area (Å²) in [5.74, 6) is -0.459. The van der Waals surface area contributed by atoms with Crippen LogP contribution < -0.4 is 16.4 Å². The van der Waals surface area contributed by atoms with Crippen molar-refractivity contribution in [2.75, 3.05) is 0 Å². The van der Waals surface area contributed by atoms with Gasteiger partial charge in [0, 0.05) is 24.9 Å². The number of hydrogen-bond acceptors (Lipinski definition) is 4. The molecule has 0 radical (unpaired) electrons. The molecule has 8 heteroatoms. The van der Waals surface area contributed by atoms with Crippen molar-refractivity contribution in [2.24, 2.45) is 0 Å². The normalized spacial score (nSPS) is 12.6. The zero-order valence-corrected chi connectivity index (χ0v) is 15.6. The molecule has 1 aliphatic rings. The first kappa shape index (κ1) is 18.8. The fraction of sp³-hybridized carbons (Fsp3) is 0.238. The highest BCUT2D eigenvalue weighted by Crippen LogP contribution is 2.16. The van der Waals surface area contributed by atoms with E-state index in [-0.39, 0.29) is 23.7 Å². The SMILES string of the molecule is O=C(CCc1ccc(F)cc1)NNC(=O)c1ccc2c(=O)n3c(nc2c1)CCC3. The Kier molecular flexibility index (Phi) is 5.07. The average molecular weight is 394 g/mol. The maximum absolute atomic E-state index is 12.9. The first-order chi connectivity index (χ1) is 14.0. The summed E-state index contributed by atoms with van der Waals surface area (Å²) in [4.78, 5) is 41.3. The van der Waals surface area contributed by atoms with Crippen LogP contribution in [0.4, 0.5) is 4.39 Å². The van der Waals surface area contributed by atoms with Crippen LogP contribution in [0.15, 0.2) is 47.3 Å². The van der Waals surface area contributed by atoms with Gasteiger partial charge in [-0.05, 0) is 48.7 Å². The first-order valence-electron chi connectivity index (χ1n) is 9.38. The topological polar surface area (TPSA) is 93.1 Å². The van der Waals surface area contributed by atoms with E-state index in [0.29, 0.717) is 29.4 Å². The van der Waals surface area contributed by atoms with E-state index in [1.54, 1.807) is 28.8 Å². The van der Waals surface area contributed by atoms with Gasteiger partial charge in [-0.25, -0.2) is 9.37 Å². The Morgan fingerprint density at radius 1 is 1.10 bits per heavy atom. The van der Waals surface area contributed by atoms with Crippen molar-refractivity contribution in [1.29, 1.82) is 0 Å². The molecule has 0 spiro atoms. The number of rotatable bonds is 4. The first-order valence-corrected chi connectivity index (χ1v) is 9.38. The Hall–Kier alpha value is -3.55. The third kappa shape index (κ3) is 4.01. The number of carbonyl (C=O) groups excluding carboxylic acids is 2. The molecule has 0 aliphatic carbocycles. The highest BCUT2D eigenvalue weighted by Gasteiger charge is 2.17. The monoisotopic (exact) mass is 394 g/mol. The number of nitrogens with zero attached hydrogens (tertiary/aromatic N) is 2. The predicted octanol–water partition coefficient (Wildman–Crippen LogP) is 1.88. The van der Waals surface area contributed by atoms with E-state index in [9.17, 15) is 18.8 Å². The van der Waals surface area contributed by atoms with Gasteiger partial charge >= 0.3 is 0 Å². The molecule has 7 nitrogen and oxygen atoms in total. The third-order valence-electron chi connectivity index (χ3n) is 4.95. The van der Waals surface area contributed by atoms with Gasteiger partial charge in [-0.2, -0.15) is 0 Å². The lowest BCUT2D eigenvalue weighted by molar-refractivity contribution is -0.121. The van der Waals surface area contributed by atoms with Gasteiger partial charge in [0.25, 0.3) is 11.5 Å². The molecule has 0 saturated carbocycles. The number of hydrazine groups is 1. The highest BCUT2D eigenvalue weighted by molar-refractivity contribution is 5.98. The molecule has 1 aliphatic heterocycles. The van der Waals surface area contributed by atoms with Crippen molar-refractivity contribution in [3.63, 3.8) is 0 Å². The van der Waals surface area contributed by atoms with Gasteiger partial charge in [0.05, 0.1) is 10.9 Å². The van der Waals surface area contributed by atoms with Crippen LogP contribution in [0.3, 0.4) is 0 Å². The quantitative estimate of drug-likeness (QED) is 0.661. The third-order valence-corrected chi connectivity index (χ3v) is 4.95. The van der Waals surface area contributed by atoms with Crippen molar-refractivity contribution in [2.45, 2.75) is 32.2 Å². The number of nitrogens with one attached hydrogen (secondary N) is 2. The average Bonchev–Trinajstić information content (AvgIpc) is 3.20. The van der Waals surface area contributed by atoms with Crippen LogP contribution in [-0.4, -0.2) is 21.4 Å². The molecule has 0 atom stereocenters. The lowest BCUT2D eigenvalue weighted by Gasteiger charge is -2.09. The number of carbonyl (C=O) groups is 2. The van der Waals surface area contributed by atoms with Crippen LogP contribution in [0.2, 0.25) is 0 Å². The molecule has 0 fully saturated rings. The van der Waals surface area contributed by atoms with Gasteiger partial charge in [0.1, 0.15) is 11.6 Å². The van der Waals surface area contributed by atoms with Crippen molar-refractivity contribution in [3.05, 3.63) is 75.6 Å². The van der Waals surface area contributed by atoms with E-state index in [1.165, 1.54) is 18.2 Å². The summed E-state index contributed by atoms with van der Waals surface area (Å²) in [7, 11) is 0. The van der Waals surface area contributed by atoms with Gasteiger partial charge in [-0.1, -0.05) is 12.1 Å². The Morgan fingerprint density at radius 2 is 1.90 bits per heavy atom. The number of benzene rings is 2. The van der Waals surface area contributed by atoms with Crippen LogP contribution in [0, 0.1) is 5.82 Å². The second-order valence-electron chi connectivity index (χ2n) is 6.95. The zero-order valence-electron chi connectivity index (χ0n) is 15.6. The molecule has 2 aromatic carbocycles. The lowest BCUT2D eigenvalue weighted by Crippen LogP contribution is -2.41. The molecular weight excluding hydrogens is 375 g/mol. The smallest absolute Gasteiger partial charge is 0.269 e. The van der Waals surface area contributed by atoms with Gasteiger partial charge in [0.15, 0.2) is 0 Å². The van der Waals surface area contributed by atoms with E-state index >= 15 is 0 Å². The number of aryl methyl sites for hydroxylation is 2. The van der Waals surface area contributed by atoms with Gasteiger partial charge < -0.3 is 0 Å². The minimum Gasteiger partial charge on any atom is -0.296 e. The summed E-state index contributed by atoms with van der Waals surface area (Å²) in [6, 6.07) is 10.6. The summed E-state index contributed by atoms with van der Waals surface area (Å²) in [6.45, 7) is 0.670. The standard InChI is InChI=1S/C21H19FN4O3/c22-15-7-3-13(4-8-15)5-10-19(27)24-25-20(28)14-6-9-16-17(12-14)23-18-2-1-11-26(18)21(16)29/h3-4,6-9,12H,1-2,5,10-11H2,(H,24,27)(H,25,28). The molecular formula is C21H19FN4O3. The summed E-state index contributed by atoms with van der Waals surface area (Å²) in [6.07, 6.45) is 2.20. The Morgan fingerprint density at radius 3 is 2.69 bits per heavy atom. The molecule has 2 N–H and O–H groups in total. The van der Waals surface area contributed by atoms with Gasteiger partial charge in [-0.15, -0.1) is 0 Å². The highest BCUT2D eigenvalue weighted by atomic mass is 19.1. The molecule has 3 aromatic rings. The van der Waals surface area contributed by atoms with Crippen molar-refractivity contribution in [3.8, 4) is 0 Å². The van der Waals surface area contributed by atoms with Crippen molar-refractivity contribution in [1.82, 2.24) is 20.4 Å². The van der Waals surface area contributed by atoms with Crippen molar-refractivity contribution >= 4 is 22.7 Å². The van der Waals surface area contributed by atoms with Crippen LogP contribution in [0.1, 0.15) is 34.6 Å². The predicted molar refractivity (Wildman–Crippen MR) is 105 cm³/mol. The Bertz CT molecular complexity index is 1160. The molecule has 1 aromatic heterocycles. The van der Waals surface area contributed by atoms with Gasteiger partial charge in [-0.3, -0.25) is 29.8 Å². The van der Waals surface area contributed by atoms with Crippen LogP contribution in [0.5, 0.6) is 0 Å². The molecule has 0 unspecified atom stereocenters. The minimum absolute atomic E-state index is 0.0939. The Balaban J connectivity index is 1.38. The van der Waals surface area contributed by atoms with E-state index in [2.05, 4.69) is 15.8 Å². The van der Waals surface area contributed by atoms with Crippen LogP contribution in [0.25, 0.3) is 10.9 Å². The lowest BCUT2D eigenvalue weighted by atomic mass is 10.1. The largest absolute Gasteiger partial charge is 0.296 e. The molecule has 2 amide bonds. The maximum Gasteiger partial charge on any atom is 0.269 e. The van der Waals surface area contributed by atoms with Gasteiger partial charge in [0.2, 0.25) is 5.91 Å². The molecule has 4 rings (SSSR count). The van der Waals surface area contributed by atoms with E-state index in [1.807, 2.05) is 0 Å². The second-order valence-corrected chi connectivity index (χ2v) is 6.95. The Labute approximate surface area is 165 Å². The van der Waals surface area contributed by atoms with E-state index in [4.69, 9.17) is 0 Å². The summed E-state index contributed by atoms with van der Waals surface area (Å²) < 4.78 is 14.6. The molecule has 29 heavy (non-hydrogen) atoms. The number of amides is 2. The zero-order chi connectivity index (χ0) is 20.4. The van der Waals surface area contributed by atoms with Crippen molar-refractivity contribution < 1.29 is 14.0 Å². The summed E-state index contributed by atoms with van der Waals surface area (Å²) >= 11 is 0. The number of fused-ring (bicyclic) bond motifs is 2. The molecule has 0 saturated heterocycles. The number of aromatic nitrogens is 2. The maximum atomic E-state index is 12.9. The fourth-order valence-electron chi connectivity index (χ4n) is 3.40. The minimum atomic E-state index is -0.496. The molecule has 2 heterocycles. The van der Waals surface area contributed by atoms with E-state index in [0.717, 1.165) is 24.2 Å². The van der Waals surface area contributed by atoms with Crippen LogP contribution in [-0.2, 0) is 24.2 Å². The number of hydrogen-bond donors (Lipinski definition) is 2. The number of halogens is 1.